The number of methoxy groups -OCH3 is 1. The number of ether oxygens (including phenoxy) is 1. The number of nitrogens with one attached hydrogen (secondary N) is 2. The van der Waals surface area contributed by atoms with Crippen molar-refractivity contribution in [3.05, 3.63) is 41.2 Å². The molecule has 112 valence electrons. The highest BCUT2D eigenvalue weighted by Gasteiger charge is 2.03. The van der Waals surface area contributed by atoms with Crippen LogP contribution in [0.2, 0.25) is 5.02 Å². The minimum Gasteiger partial charge on any atom is -0.383 e. The van der Waals surface area contributed by atoms with Crippen LogP contribution >= 0.6 is 23.8 Å². The van der Waals surface area contributed by atoms with Crippen molar-refractivity contribution in [2.75, 3.05) is 25.6 Å². The number of thiocarbonyl (C=S) groups is 1. The molecule has 1 aromatic carbocycles. The van der Waals surface area contributed by atoms with Crippen LogP contribution in [0.5, 0.6) is 0 Å². The SMILES string of the molecule is COCCNC(=S)Nc1ncn(Cc2ccc(Cl)cc2)n1. The van der Waals surface area contributed by atoms with Gasteiger partial charge in [0.25, 0.3) is 0 Å². The van der Waals surface area contributed by atoms with Gasteiger partial charge in [-0.15, -0.1) is 5.10 Å². The van der Waals surface area contributed by atoms with Crippen LogP contribution in [0, 0.1) is 0 Å². The first-order valence-corrected chi connectivity index (χ1v) is 7.13. The van der Waals surface area contributed by atoms with Crippen molar-refractivity contribution < 1.29 is 4.74 Å². The fraction of sp³-hybridized carbons (Fsp3) is 0.308. The van der Waals surface area contributed by atoms with Crippen LogP contribution in [0.4, 0.5) is 5.95 Å². The van der Waals surface area contributed by atoms with E-state index in [4.69, 9.17) is 28.6 Å². The van der Waals surface area contributed by atoms with E-state index >= 15 is 0 Å². The number of rotatable bonds is 6. The van der Waals surface area contributed by atoms with Crippen LogP contribution in [0.15, 0.2) is 30.6 Å². The average Bonchev–Trinajstić information content (AvgIpc) is 2.89. The number of benzene rings is 1. The first-order valence-electron chi connectivity index (χ1n) is 6.35. The summed E-state index contributed by atoms with van der Waals surface area (Å²) < 4.78 is 6.65. The quantitative estimate of drug-likeness (QED) is 0.625. The van der Waals surface area contributed by atoms with Crippen LogP contribution in [-0.2, 0) is 11.3 Å². The third-order valence-corrected chi connectivity index (χ3v) is 3.11. The molecule has 0 aliphatic rings. The number of hydrogen-bond donors (Lipinski definition) is 2. The highest BCUT2D eigenvalue weighted by atomic mass is 35.5. The van der Waals surface area contributed by atoms with E-state index in [2.05, 4.69) is 20.7 Å². The van der Waals surface area contributed by atoms with Gasteiger partial charge >= 0.3 is 0 Å². The maximum Gasteiger partial charge on any atom is 0.248 e. The van der Waals surface area contributed by atoms with Crippen LogP contribution in [0.3, 0.4) is 0 Å². The van der Waals surface area contributed by atoms with Gasteiger partial charge in [-0.3, -0.25) is 5.32 Å². The summed E-state index contributed by atoms with van der Waals surface area (Å²) in [6.07, 6.45) is 1.65. The maximum atomic E-state index is 5.85. The minimum absolute atomic E-state index is 0.457. The molecule has 0 unspecified atom stereocenters. The molecule has 0 saturated carbocycles. The van der Waals surface area contributed by atoms with E-state index in [0.717, 1.165) is 5.56 Å². The van der Waals surface area contributed by atoms with E-state index in [1.165, 1.54) is 0 Å². The molecule has 0 aliphatic heterocycles. The van der Waals surface area contributed by atoms with Gasteiger partial charge in [0.1, 0.15) is 6.33 Å². The minimum atomic E-state index is 0.457. The van der Waals surface area contributed by atoms with Crippen LogP contribution < -0.4 is 10.6 Å². The first-order chi connectivity index (χ1) is 10.2. The molecule has 2 aromatic rings. The molecule has 8 heteroatoms. The van der Waals surface area contributed by atoms with Crippen LogP contribution in [-0.4, -0.2) is 40.1 Å². The standard InChI is InChI=1S/C13H16ClN5OS/c1-20-7-6-15-13(21)17-12-16-9-19(18-12)8-10-2-4-11(14)5-3-10/h2-5,9H,6-8H2,1H3,(H2,15,17,18,21). The molecule has 1 heterocycles. The molecule has 0 aliphatic carbocycles. The smallest absolute Gasteiger partial charge is 0.248 e. The normalized spacial score (nSPS) is 10.4. The van der Waals surface area contributed by atoms with Gasteiger partial charge < -0.3 is 10.1 Å². The van der Waals surface area contributed by atoms with Crippen molar-refractivity contribution in [1.29, 1.82) is 0 Å². The first kappa shape index (κ1) is 15.7. The molecule has 2 N–H and O–H groups in total. The number of hydrogen-bond acceptors (Lipinski definition) is 4. The fourth-order valence-corrected chi connectivity index (χ4v) is 1.94. The lowest BCUT2D eigenvalue weighted by Gasteiger charge is -2.06. The van der Waals surface area contributed by atoms with E-state index in [1.807, 2.05) is 24.3 Å². The zero-order valence-electron chi connectivity index (χ0n) is 11.5. The van der Waals surface area contributed by atoms with Gasteiger partial charge in [0.05, 0.1) is 13.2 Å². The summed E-state index contributed by atoms with van der Waals surface area (Å²) in [5, 5.41) is 11.4. The fourth-order valence-electron chi connectivity index (χ4n) is 1.62. The largest absolute Gasteiger partial charge is 0.383 e. The Morgan fingerprint density at radius 1 is 1.38 bits per heavy atom. The zero-order chi connectivity index (χ0) is 15.1. The average molecular weight is 326 g/mol. The summed E-state index contributed by atoms with van der Waals surface area (Å²) in [6.45, 7) is 1.84. The topological polar surface area (TPSA) is 64.0 Å². The van der Waals surface area contributed by atoms with Crippen molar-refractivity contribution >= 4 is 34.9 Å². The van der Waals surface area contributed by atoms with Crippen LogP contribution in [0.1, 0.15) is 5.56 Å². The summed E-state index contributed by atoms with van der Waals surface area (Å²) in [5.74, 6) is 0.457. The third kappa shape index (κ3) is 5.30. The molecule has 0 spiro atoms. The molecule has 2 rings (SSSR count). The van der Waals surface area contributed by atoms with E-state index in [0.29, 0.717) is 35.8 Å². The molecule has 0 bridgehead atoms. The molecule has 0 fully saturated rings. The van der Waals surface area contributed by atoms with Gasteiger partial charge in [0.2, 0.25) is 5.95 Å². The highest BCUT2D eigenvalue weighted by Crippen LogP contribution is 2.10. The second-order valence-corrected chi connectivity index (χ2v) is 5.11. The lowest BCUT2D eigenvalue weighted by molar-refractivity contribution is 0.204. The van der Waals surface area contributed by atoms with E-state index in [1.54, 1.807) is 18.1 Å². The molecular formula is C13H16ClN5OS. The van der Waals surface area contributed by atoms with Crippen molar-refractivity contribution in [2.24, 2.45) is 0 Å². The van der Waals surface area contributed by atoms with Crippen molar-refractivity contribution in [3.63, 3.8) is 0 Å². The van der Waals surface area contributed by atoms with Gasteiger partial charge in [-0.1, -0.05) is 23.7 Å². The predicted octanol–water partition coefficient (Wildman–Crippen LogP) is 1.91. The molecule has 1 aromatic heterocycles. The lowest BCUT2D eigenvalue weighted by Crippen LogP contribution is -2.31. The van der Waals surface area contributed by atoms with Crippen molar-refractivity contribution in [3.8, 4) is 0 Å². The third-order valence-electron chi connectivity index (χ3n) is 2.61. The van der Waals surface area contributed by atoms with Gasteiger partial charge in [-0.05, 0) is 29.9 Å². The Kier molecular flexibility index (Phi) is 5.91. The van der Waals surface area contributed by atoms with Gasteiger partial charge in [0.15, 0.2) is 5.11 Å². The molecule has 6 nitrogen and oxygen atoms in total. The Morgan fingerprint density at radius 3 is 2.86 bits per heavy atom. The molecule has 0 atom stereocenters. The number of nitrogens with zero attached hydrogens (tertiary/aromatic N) is 3. The van der Waals surface area contributed by atoms with Crippen molar-refractivity contribution in [2.45, 2.75) is 6.54 Å². The highest BCUT2D eigenvalue weighted by molar-refractivity contribution is 7.80. The monoisotopic (exact) mass is 325 g/mol. The molecule has 0 amide bonds. The zero-order valence-corrected chi connectivity index (χ0v) is 13.1. The molecule has 0 radical (unpaired) electrons. The molecular weight excluding hydrogens is 310 g/mol. The van der Waals surface area contributed by atoms with E-state index < -0.39 is 0 Å². The Hall–Kier alpha value is -1.70. The summed E-state index contributed by atoms with van der Waals surface area (Å²) in [6, 6.07) is 7.60. The molecule has 21 heavy (non-hydrogen) atoms. The Balaban J connectivity index is 1.86. The summed E-state index contributed by atoms with van der Waals surface area (Å²) in [7, 11) is 1.64. The number of aromatic nitrogens is 3. The van der Waals surface area contributed by atoms with E-state index in [-0.39, 0.29) is 0 Å². The summed E-state index contributed by atoms with van der Waals surface area (Å²) >= 11 is 11.0. The predicted molar refractivity (Wildman–Crippen MR) is 86.7 cm³/mol. The Labute approximate surface area is 133 Å². The summed E-state index contributed by atoms with van der Waals surface area (Å²) in [4.78, 5) is 4.15. The Bertz CT molecular complexity index is 587. The van der Waals surface area contributed by atoms with Crippen LogP contribution in [0.25, 0.3) is 0 Å². The second-order valence-electron chi connectivity index (χ2n) is 4.27. The van der Waals surface area contributed by atoms with Gasteiger partial charge in [0, 0.05) is 18.7 Å². The van der Waals surface area contributed by atoms with Gasteiger partial charge in [-0.2, -0.15) is 0 Å². The number of anilines is 1. The van der Waals surface area contributed by atoms with E-state index in [9.17, 15) is 0 Å². The van der Waals surface area contributed by atoms with Crippen molar-refractivity contribution in [1.82, 2.24) is 20.1 Å². The van der Waals surface area contributed by atoms with Gasteiger partial charge in [-0.25, -0.2) is 9.67 Å². The maximum absolute atomic E-state index is 5.85. The number of halogens is 1. The Morgan fingerprint density at radius 2 is 2.14 bits per heavy atom. The molecule has 0 saturated heterocycles. The lowest BCUT2D eigenvalue weighted by atomic mass is 10.2. The summed E-state index contributed by atoms with van der Waals surface area (Å²) in [5.41, 5.74) is 1.09. The second kappa shape index (κ2) is 7.92.